The van der Waals surface area contributed by atoms with E-state index in [2.05, 4.69) is 34.5 Å². The lowest BCUT2D eigenvalue weighted by Crippen LogP contribution is -2.27. The van der Waals surface area contributed by atoms with Crippen LogP contribution in [0.25, 0.3) is 11.5 Å². The van der Waals surface area contributed by atoms with Crippen LogP contribution in [0, 0.1) is 6.92 Å². The third-order valence-corrected chi connectivity index (χ3v) is 5.65. The quantitative estimate of drug-likeness (QED) is 0.545. The second kappa shape index (κ2) is 9.10. The van der Waals surface area contributed by atoms with E-state index in [1.54, 1.807) is 23.7 Å². The lowest BCUT2D eigenvalue weighted by atomic mass is 10.1. The fourth-order valence-electron chi connectivity index (χ4n) is 2.52. The normalized spacial score (nSPS) is 10.8. The van der Waals surface area contributed by atoms with Crippen molar-refractivity contribution in [3.8, 4) is 11.5 Å². The van der Waals surface area contributed by atoms with Gasteiger partial charge in [0, 0.05) is 24.1 Å². The van der Waals surface area contributed by atoms with Gasteiger partial charge in [-0.15, -0.1) is 22.0 Å². The van der Waals surface area contributed by atoms with Crippen LogP contribution in [-0.4, -0.2) is 40.1 Å². The number of hydrogen-bond donors (Lipinski definition) is 0. The Balaban J connectivity index is 1.55. The molecule has 3 aromatic rings. The summed E-state index contributed by atoms with van der Waals surface area (Å²) in [6.45, 7) is 2.57. The van der Waals surface area contributed by atoms with Gasteiger partial charge in [0.05, 0.1) is 5.75 Å². The van der Waals surface area contributed by atoms with Crippen LogP contribution in [-0.2, 0) is 11.3 Å². The number of carbonyl (C=O) groups excluding carboxylic acids is 1. The molecule has 0 aliphatic carbocycles. The fraction of sp³-hybridized carbons (Fsp3) is 0.250. The van der Waals surface area contributed by atoms with Crippen LogP contribution in [0.3, 0.4) is 0 Å². The number of aryl methyl sites for hydroxylation is 1. The number of hydrogen-bond acceptors (Lipinski definition) is 6. The van der Waals surface area contributed by atoms with Crippen molar-refractivity contribution in [2.75, 3.05) is 19.1 Å². The first-order valence-electron chi connectivity index (χ1n) is 8.46. The second-order valence-electron chi connectivity index (χ2n) is 6.07. The summed E-state index contributed by atoms with van der Waals surface area (Å²) in [5.41, 5.74) is 3.09. The van der Waals surface area contributed by atoms with Gasteiger partial charge in [-0.25, -0.2) is 0 Å². The van der Waals surface area contributed by atoms with Gasteiger partial charge in [0.25, 0.3) is 5.22 Å². The molecular weight excluding hydrogens is 378 g/mol. The van der Waals surface area contributed by atoms with Gasteiger partial charge in [-0.3, -0.25) is 4.79 Å². The Morgan fingerprint density at radius 2 is 1.85 bits per heavy atom. The van der Waals surface area contributed by atoms with Crippen molar-refractivity contribution in [2.45, 2.75) is 23.6 Å². The van der Waals surface area contributed by atoms with Crippen molar-refractivity contribution < 1.29 is 9.21 Å². The van der Waals surface area contributed by atoms with Gasteiger partial charge in [-0.2, -0.15) is 0 Å². The Bertz CT molecular complexity index is 910. The van der Waals surface area contributed by atoms with E-state index in [9.17, 15) is 4.79 Å². The lowest BCUT2D eigenvalue weighted by molar-refractivity contribution is -0.127. The molecular formula is C20H21N3O2S2. The molecule has 1 aromatic heterocycles. The molecule has 0 N–H and O–H groups in total. The van der Waals surface area contributed by atoms with Crippen molar-refractivity contribution in [1.29, 1.82) is 0 Å². The van der Waals surface area contributed by atoms with Crippen LogP contribution in [0.2, 0.25) is 0 Å². The second-order valence-corrected chi connectivity index (χ2v) is 7.88. The highest BCUT2D eigenvalue weighted by Gasteiger charge is 2.15. The molecule has 2 aromatic carbocycles. The molecule has 7 heteroatoms. The van der Waals surface area contributed by atoms with Crippen LogP contribution >= 0.6 is 23.5 Å². The topological polar surface area (TPSA) is 59.2 Å². The summed E-state index contributed by atoms with van der Waals surface area (Å²) in [7, 11) is 1.80. The zero-order valence-corrected chi connectivity index (χ0v) is 17.1. The molecule has 1 amide bonds. The molecule has 5 nitrogen and oxygen atoms in total. The summed E-state index contributed by atoms with van der Waals surface area (Å²) in [5, 5.41) is 8.53. The minimum atomic E-state index is 0.0181. The molecule has 0 unspecified atom stereocenters. The zero-order chi connectivity index (χ0) is 19.2. The molecule has 0 radical (unpaired) electrons. The largest absolute Gasteiger partial charge is 0.411 e. The van der Waals surface area contributed by atoms with Crippen molar-refractivity contribution in [1.82, 2.24) is 15.1 Å². The van der Waals surface area contributed by atoms with Gasteiger partial charge in [0.1, 0.15) is 0 Å². The Morgan fingerprint density at radius 3 is 2.56 bits per heavy atom. The summed E-state index contributed by atoms with van der Waals surface area (Å²) in [6.07, 6.45) is 2.05. The van der Waals surface area contributed by atoms with Crippen molar-refractivity contribution in [2.24, 2.45) is 0 Å². The highest BCUT2D eigenvalue weighted by Crippen LogP contribution is 2.25. The maximum Gasteiger partial charge on any atom is 0.277 e. The van der Waals surface area contributed by atoms with E-state index < -0.39 is 0 Å². The maximum atomic E-state index is 12.4. The Kier molecular flexibility index (Phi) is 6.58. The average Bonchev–Trinajstić information content (AvgIpc) is 3.15. The summed E-state index contributed by atoms with van der Waals surface area (Å²) in [4.78, 5) is 15.3. The van der Waals surface area contributed by atoms with Crippen LogP contribution in [0.5, 0.6) is 0 Å². The summed E-state index contributed by atoms with van der Waals surface area (Å²) < 4.78 is 5.69. The van der Waals surface area contributed by atoms with E-state index in [4.69, 9.17) is 4.42 Å². The third-order valence-electron chi connectivity index (χ3n) is 4.11. The molecule has 0 aliphatic heterocycles. The van der Waals surface area contributed by atoms with Crippen molar-refractivity contribution in [3.63, 3.8) is 0 Å². The van der Waals surface area contributed by atoms with Gasteiger partial charge < -0.3 is 9.32 Å². The first kappa shape index (κ1) is 19.5. The lowest BCUT2D eigenvalue weighted by Gasteiger charge is -2.16. The minimum absolute atomic E-state index is 0.0181. The standard InChI is InChI=1S/C20H21N3O2S2/c1-14-6-4-5-7-17(14)19-21-22-20(25-19)27-13-18(24)23(2)12-15-8-10-16(26-3)11-9-15/h4-11H,12-13H2,1-3H3. The molecule has 0 spiro atoms. The smallest absolute Gasteiger partial charge is 0.277 e. The van der Waals surface area contributed by atoms with Gasteiger partial charge in [-0.05, 0) is 42.5 Å². The highest BCUT2D eigenvalue weighted by atomic mass is 32.2. The molecule has 3 rings (SSSR count). The maximum absolute atomic E-state index is 12.4. The first-order valence-corrected chi connectivity index (χ1v) is 10.7. The molecule has 0 saturated heterocycles. The van der Waals surface area contributed by atoms with Gasteiger partial charge in [-0.1, -0.05) is 42.1 Å². The van der Waals surface area contributed by atoms with Gasteiger partial charge >= 0.3 is 0 Å². The molecule has 1 heterocycles. The van der Waals surface area contributed by atoms with E-state index in [-0.39, 0.29) is 11.7 Å². The van der Waals surface area contributed by atoms with Crippen LogP contribution in [0.15, 0.2) is 63.1 Å². The number of thioether (sulfide) groups is 2. The highest BCUT2D eigenvalue weighted by molar-refractivity contribution is 7.99. The minimum Gasteiger partial charge on any atom is -0.411 e. The summed E-state index contributed by atoms with van der Waals surface area (Å²) in [6, 6.07) is 16.1. The molecule has 27 heavy (non-hydrogen) atoms. The van der Waals surface area contributed by atoms with E-state index in [1.807, 2.05) is 37.4 Å². The molecule has 140 valence electrons. The molecule has 0 fully saturated rings. The number of nitrogens with zero attached hydrogens (tertiary/aromatic N) is 3. The molecule has 0 saturated carbocycles. The Hall–Kier alpha value is -2.25. The number of rotatable bonds is 7. The average molecular weight is 400 g/mol. The zero-order valence-electron chi connectivity index (χ0n) is 15.5. The Labute approximate surface area is 167 Å². The number of carbonyl (C=O) groups is 1. The fourth-order valence-corrected chi connectivity index (χ4v) is 3.63. The SMILES string of the molecule is CSc1ccc(CN(C)C(=O)CSc2nnc(-c3ccccc3C)o2)cc1. The number of amides is 1. The Morgan fingerprint density at radius 1 is 1.11 bits per heavy atom. The third kappa shape index (κ3) is 5.14. The van der Waals surface area contributed by atoms with Crippen LogP contribution < -0.4 is 0 Å². The predicted octanol–water partition coefficient (Wildman–Crippen LogP) is 4.52. The molecule has 0 atom stereocenters. The first-order chi connectivity index (χ1) is 13.1. The number of aromatic nitrogens is 2. The summed E-state index contributed by atoms with van der Waals surface area (Å²) in [5.74, 6) is 0.754. The van der Waals surface area contributed by atoms with E-state index in [1.165, 1.54) is 16.7 Å². The molecule has 0 aliphatic rings. The van der Waals surface area contributed by atoms with E-state index in [0.29, 0.717) is 17.7 Å². The number of benzene rings is 2. The van der Waals surface area contributed by atoms with Gasteiger partial charge in [0.2, 0.25) is 11.8 Å². The van der Waals surface area contributed by atoms with Gasteiger partial charge in [0.15, 0.2) is 0 Å². The van der Waals surface area contributed by atoms with Crippen molar-refractivity contribution >= 4 is 29.4 Å². The van der Waals surface area contributed by atoms with Crippen molar-refractivity contribution in [3.05, 3.63) is 59.7 Å². The van der Waals surface area contributed by atoms with E-state index >= 15 is 0 Å². The summed E-state index contributed by atoms with van der Waals surface area (Å²) >= 11 is 2.96. The van der Waals surface area contributed by atoms with E-state index in [0.717, 1.165) is 16.7 Å². The monoisotopic (exact) mass is 399 g/mol. The van der Waals surface area contributed by atoms with Crippen LogP contribution in [0.4, 0.5) is 0 Å². The van der Waals surface area contributed by atoms with Crippen LogP contribution in [0.1, 0.15) is 11.1 Å². The molecule has 0 bridgehead atoms. The predicted molar refractivity (Wildman–Crippen MR) is 110 cm³/mol.